The van der Waals surface area contributed by atoms with Gasteiger partial charge in [0.2, 0.25) is 0 Å². The Hall–Kier alpha value is -1.94. The van der Waals surface area contributed by atoms with E-state index in [-0.39, 0.29) is 25.7 Å². The summed E-state index contributed by atoms with van der Waals surface area (Å²) in [6, 6.07) is 0. The normalized spacial score (nSPS) is 14.1. The molecule has 0 heterocycles. The molecule has 648 valence electrons. The predicted octanol–water partition coefficient (Wildman–Crippen LogP) is 27.6. The van der Waals surface area contributed by atoms with E-state index >= 15 is 0 Å². The van der Waals surface area contributed by atoms with Crippen LogP contribution in [0.25, 0.3) is 0 Å². The highest BCUT2D eigenvalue weighted by molar-refractivity contribution is 7.47. The fourth-order valence-corrected chi connectivity index (χ4v) is 15.6. The molecule has 19 heteroatoms. The molecule has 0 aromatic rings. The molecule has 0 saturated heterocycles. The van der Waals surface area contributed by atoms with Gasteiger partial charge in [-0.2, -0.15) is 0 Å². The van der Waals surface area contributed by atoms with Gasteiger partial charge in [0.1, 0.15) is 19.3 Å². The Bertz CT molecular complexity index is 2100. The van der Waals surface area contributed by atoms with Crippen molar-refractivity contribution in [1.29, 1.82) is 0 Å². The van der Waals surface area contributed by atoms with E-state index in [0.717, 1.165) is 108 Å². The molecular weight excluding hydrogens is 1410 g/mol. The Balaban J connectivity index is 5.25. The van der Waals surface area contributed by atoms with Crippen LogP contribution in [0.3, 0.4) is 0 Å². The van der Waals surface area contributed by atoms with E-state index in [1.165, 1.54) is 289 Å². The highest BCUT2D eigenvalue weighted by Crippen LogP contribution is 2.45. The van der Waals surface area contributed by atoms with Crippen LogP contribution in [-0.4, -0.2) is 96.7 Å². The summed E-state index contributed by atoms with van der Waals surface area (Å²) >= 11 is 0. The van der Waals surface area contributed by atoms with E-state index in [1.54, 1.807) is 0 Å². The van der Waals surface area contributed by atoms with Crippen LogP contribution in [0.15, 0.2) is 0 Å². The quantitative estimate of drug-likeness (QED) is 0.0222. The summed E-state index contributed by atoms with van der Waals surface area (Å²) in [6.07, 6.45) is 72.2. The Morgan fingerprint density at radius 2 is 0.468 bits per heavy atom. The van der Waals surface area contributed by atoms with Crippen LogP contribution in [0, 0.1) is 17.8 Å². The van der Waals surface area contributed by atoms with Crippen molar-refractivity contribution in [1.82, 2.24) is 0 Å². The van der Waals surface area contributed by atoms with Crippen LogP contribution >= 0.6 is 15.6 Å². The minimum absolute atomic E-state index is 0.107. The molecule has 0 bridgehead atoms. The summed E-state index contributed by atoms with van der Waals surface area (Å²) in [5, 5.41) is 10.7. The minimum Gasteiger partial charge on any atom is -0.462 e. The smallest absolute Gasteiger partial charge is 0.462 e. The number of rotatable bonds is 88. The zero-order valence-corrected chi connectivity index (χ0v) is 73.8. The first kappa shape index (κ1) is 107. The average Bonchev–Trinajstić information content (AvgIpc) is 0.898. The van der Waals surface area contributed by atoms with Crippen molar-refractivity contribution in [2.75, 3.05) is 39.6 Å². The summed E-state index contributed by atoms with van der Waals surface area (Å²) in [5.41, 5.74) is 0. The first-order valence-electron chi connectivity index (χ1n) is 46.4. The molecular formula is C90H176O17P2. The monoisotopic (exact) mass is 1590 g/mol. The van der Waals surface area contributed by atoms with Crippen LogP contribution in [0.1, 0.15) is 479 Å². The second-order valence-electron chi connectivity index (χ2n) is 33.5. The maximum Gasteiger partial charge on any atom is 0.472 e. The second kappa shape index (κ2) is 79.9. The molecule has 3 N–H and O–H groups in total. The van der Waals surface area contributed by atoms with E-state index < -0.39 is 97.5 Å². The van der Waals surface area contributed by atoms with E-state index in [1.807, 2.05) is 0 Å². The van der Waals surface area contributed by atoms with Gasteiger partial charge in [-0.3, -0.25) is 37.3 Å². The lowest BCUT2D eigenvalue weighted by molar-refractivity contribution is -0.161. The van der Waals surface area contributed by atoms with Crippen molar-refractivity contribution >= 4 is 39.5 Å². The third-order valence-electron chi connectivity index (χ3n) is 21.5. The molecule has 0 saturated carbocycles. The van der Waals surface area contributed by atoms with Crippen LogP contribution < -0.4 is 0 Å². The van der Waals surface area contributed by atoms with Crippen molar-refractivity contribution in [3.8, 4) is 0 Å². The Kier molecular flexibility index (Phi) is 78.5. The maximum absolute atomic E-state index is 13.2. The number of aliphatic hydroxyl groups is 1. The standard InChI is InChI=1S/C90H176O17P2/c1-8-10-11-12-13-14-15-16-17-18-19-20-24-27-32-37-42-50-57-64-71-87(92)100-77-85(106-89(94)73-66-59-52-43-38-33-28-25-22-21-23-26-30-35-40-47-54-61-68-81(3)4)79-104-108(96,97)102-75-84(91)76-103-109(98,99)105-80-86(78-101-88(93)72-65-58-51-46-45-49-56-63-70-83(7)9-2)107-90(95)74-67-60-53-44-39-34-29-31-36-41-48-55-62-69-82(5)6/h81-86,91H,8-80H2,1-7H3,(H,96,97)(H,98,99)/t83?,84-,85-,86-/m1/s1. The Morgan fingerprint density at radius 1 is 0.266 bits per heavy atom. The Morgan fingerprint density at radius 3 is 0.697 bits per heavy atom. The first-order chi connectivity index (χ1) is 52.8. The molecule has 0 aromatic carbocycles. The maximum atomic E-state index is 13.2. The molecule has 0 radical (unpaired) electrons. The van der Waals surface area contributed by atoms with Gasteiger partial charge in [-0.1, -0.05) is 427 Å². The van der Waals surface area contributed by atoms with Gasteiger partial charge in [0.15, 0.2) is 12.2 Å². The van der Waals surface area contributed by atoms with Crippen molar-refractivity contribution in [2.45, 2.75) is 497 Å². The average molecular weight is 1590 g/mol. The number of carbonyl (C=O) groups excluding carboxylic acids is 4. The molecule has 3 unspecified atom stereocenters. The number of carbonyl (C=O) groups is 4. The van der Waals surface area contributed by atoms with Crippen LogP contribution in [0.4, 0.5) is 0 Å². The summed E-state index contributed by atoms with van der Waals surface area (Å²) in [7, 11) is -9.94. The van der Waals surface area contributed by atoms with Gasteiger partial charge >= 0.3 is 39.5 Å². The molecule has 0 aromatic heterocycles. The highest BCUT2D eigenvalue weighted by atomic mass is 31.2. The summed E-state index contributed by atoms with van der Waals surface area (Å²) in [5.74, 6) is 0.284. The topological polar surface area (TPSA) is 237 Å². The fourth-order valence-electron chi connectivity index (χ4n) is 14.0. The fraction of sp³-hybridized carbons (Fsp3) is 0.956. The van der Waals surface area contributed by atoms with E-state index in [0.29, 0.717) is 25.7 Å². The van der Waals surface area contributed by atoms with Gasteiger partial charge in [0.05, 0.1) is 26.4 Å². The molecule has 0 aliphatic rings. The Labute approximate surface area is 670 Å². The number of ether oxygens (including phenoxy) is 4. The predicted molar refractivity (Wildman–Crippen MR) is 451 cm³/mol. The lowest BCUT2D eigenvalue weighted by atomic mass is 9.99. The van der Waals surface area contributed by atoms with Gasteiger partial charge in [0, 0.05) is 25.7 Å². The number of hydrogen-bond acceptors (Lipinski definition) is 15. The van der Waals surface area contributed by atoms with Crippen LogP contribution in [-0.2, 0) is 65.4 Å². The van der Waals surface area contributed by atoms with E-state index in [9.17, 15) is 43.2 Å². The number of phosphoric ester groups is 2. The van der Waals surface area contributed by atoms with Crippen molar-refractivity contribution < 1.29 is 80.2 Å². The molecule has 17 nitrogen and oxygen atoms in total. The molecule has 109 heavy (non-hydrogen) atoms. The van der Waals surface area contributed by atoms with Crippen LogP contribution in [0.2, 0.25) is 0 Å². The minimum atomic E-state index is -4.97. The molecule has 0 fully saturated rings. The molecule has 6 atom stereocenters. The van der Waals surface area contributed by atoms with Gasteiger partial charge in [0.25, 0.3) is 0 Å². The van der Waals surface area contributed by atoms with Crippen LogP contribution in [0.5, 0.6) is 0 Å². The third-order valence-corrected chi connectivity index (χ3v) is 23.4. The van der Waals surface area contributed by atoms with Crippen molar-refractivity contribution in [2.24, 2.45) is 17.8 Å². The summed E-state index contributed by atoms with van der Waals surface area (Å²) in [6.45, 7) is 12.1. The molecule has 0 amide bonds. The van der Waals surface area contributed by atoms with Gasteiger partial charge in [-0.15, -0.1) is 0 Å². The lowest BCUT2D eigenvalue weighted by Gasteiger charge is -2.21. The summed E-state index contributed by atoms with van der Waals surface area (Å²) in [4.78, 5) is 73.4. The SMILES string of the molecule is CCCCCCCCCCCCCCCCCCCCCCC(=O)OC[C@H](COP(=O)(O)OC[C@@H](O)COP(=O)(O)OC[C@@H](COC(=O)CCCCCCCCCCC(C)CC)OC(=O)CCCCCCCCCCCCCCCC(C)C)OC(=O)CCCCCCCCCCCCCCCCCCCCC(C)C. The number of esters is 4. The zero-order valence-electron chi connectivity index (χ0n) is 72.0. The molecule has 0 aliphatic heterocycles. The highest BCUT2D eigenvalue weighted by Gasteiger charge is 2.31. The number of hydrogen-bond donors (Lipinski definition) is 3. The van der Waals surface area contributed by atoms with E-state index in [4.69, 9.17) is 37.0 Å². The second-order valence-corrected chi connectivity index (χ2v) is 36.4. The zero-order chi connectivity index (χ0) is 80.0. The molecule has 0 spiro atoms. The van der Waals surface area contributed by atoms with E-state index in [2.05, 4.69) is 48.5 Å². The molecule has 0 aliphatic carbocycles. The number of aliphatic hydroxyl groups excluding tert-OH is 1. The largest absolute Gasteiger partial charge is 0.472 e. The van der Waals surface area contributed by atoms with Gasteiger partial charge in [-0.05, 0) is 43.4 Å². The van der Waals surface area contributed by atoms with Gasteiger partial charge < -0.3 is 33.8 Å². The first-order valence-corrected chi connectivity index (χ1v) is 49.4. The summed E-state index contributed by atoms with van der Waals surface area (Å²) < 4.78 is 69.0. The number of unbranched alkanes of at least 4 members (excludes halogenated alkanes) is 55. The molecule has 0 rings (SSSR count). The van der Waals surface area contributed by atoms with Crippen molar-refractivity contribution in [3.05, 3.63) is 0 Å². The number of phosphoric acid groups is 2. The lowest BCUT2D eigenvalue weighted by Crippen LogP contribution is -2.30. The third kappa shape index (κ3) is 82.4. The van der Waals surface area contributed by atoms with Gasteiger partial charge in [-0.25, -0.2) is 9.13 Å². The van der Waals surface area contributed by atoms with Crippen molar-refractivity contribution in [3.63, 3.8) is 0 Å².